The largest absolute Gasteiger partial charge is 0.493 e. The van der Waals surface area contributed by atoms with Gasteiger partial charge in [-0.15, -0.1) is 0 Å². The fourth-order valence-electron chi connectivity index (χ4n) is 3.00. The van der Waals surface area contributed by atoms with Gasteiger partial charge >= 0.3 is 0 Å². The van der Waals surface area contributed by atoms with Crippen molar-refractivity contribution in [2.75, 3.05) is 41.0 Å². The van der Waals surface area contributed by atoms with Gasteiger partial charge in [-0.05, 0) is 50.3 Å². The number of hydrogen-bond donors (Lipinski definition) is 2. The molecule has 0 spiro atoms. The zero-order valence-corrected chi connectivity index (χ0v) is 15.9. The smallest absolute Gasteiger partial charge is 0.191 e. The third-order valence-corrected chi connectivity index (χ3v) is 4.54. The van der Waals surface area contributed by atoms with E-state index in [-0.39, 0.29) is 5.60 Å². The van der Waals surface area contributed by atoms with Gasteiger partial charge in [0.15, 0.2) is 17.5 Å². The predicted octanol–water partition coefficient (Wildman–Crippen LogP) is 2.37. The molecule has 0 aromatic heterocycles. The lowest BCUT2D eigenvalue weighted by molar-refractivity contribution is 0.0243. The SMILES string of the molecule is CN=C(NCCCc1ccc(OC)c(OC)c1)NCC1(C)CCCO1. The molecule has 6 nitrogen and oxygen atoms in total. The normalized spacial score (nSPS) is 20.4. The molecule has 140 valence electrons. The lowest BCUT2D eigenvalue weighted by atomic mass is 10.0. The molecule has 0 saturated carbocycles. The summed E-state index contributed by atoms with van der Waals surface area (Å²) in [5, 5.41) is 6.72. The van der Waals surface area contributed by atoms with E-state index in [1.165, 1.54) is 5.56 Å². The molecule has 1 heterocycles. The minimum Gasteiger partial charge on any atom is -0.493 e. The molecular formula is C19H31N3O3. The van der Waals surface area contributed by atoms with Gasteiger partial charge in [-0.1, -0.05) is 6.07 Å². The van der Waals surface area contributed by atoms with Crippen molar-refractivity contribution >= 4 is 5.96 Å². The van der Waals surface area contributed by atoms with E-state index >= 15 is 0 Å². The molecule has 0 amide bonds. The van der Waals surface area contributed by atoms with E-state index < -0.39 is 0 Å². The second-order valence-corrected chi connectivity index (χ2v) is 6.55. The van der Waals surface area contributed by atoms with Gasteiger partial charge in [0.05, 0.1) is 19.8 Å². The maximum atomic E-state index is 5.79. The van der Waals surface area contributed by atoms with Crippen molar-refractivity contribution < 1.29 is 14.2 Å². The molecule has 0 bridgehead atoms. The van der Waals surface area contributed by atoms with Gasteiger partial charge in [0, 0.05) is 26.7 Å². The third-order valence-electron chi connectivity index (χ3n) is 4.54. The van der Waals surface area contributed by atoms with Crippen molar-refractivity contribution in [3.8, 4) is 11.5 Å². The number of methoxy groups -OCH3 is 2. The van der Waals surface area contributed by atoms with Gasteiger partial charge in [-0.3, -0.25) is 4.99 Å². The fraction of sp³-hybridized carbons (Fsp3) is 0.632. The maximum Gasteiger partial charge on any atom is 0.191 e. The van der Waals surface area contributed by atoms with Crippen LogP contribution in [0.25, 0.3) is 0 Å². The van der Waals surface area contributed by atoms with Crippen LogP contribution in [0.2, 0.25) is 0 Å². The Morgan fingerprint density at radius 3 is 2.68 bits per heavy atom. The van der Waals surface area contributed by atoms with Crippen LogP contribution in [-0.4, -0.2) is 52.5 Å². The molecule has 2 rings (SSSR count). The minimum atomic E-state index is -0.0722. The Hall–Kier alpha value is -1.95. The van der Waals surface area contributed by atoms with Crippen molar-refractivity contribution in [3.63, 3.8) is 0 Å². The van der Waals surface area contributed by atoms with Gasteiger partial charge in [0.2, 0.25) is 0 Å². The monoisotopic (exact) mass is 349 g/mol. The number of aryl methyl sites for hydroxylation is 1. The van der Waals surface area contributed by atoms with Crippen molar-refractivity contribution in [3.05, 3.63) is 23.8 Å². The first-order valence-electron chi connectivity index (χ1n) is 8.89. The van der Waals surface area contributed by atoms with E-state index in [2.05, 4.69) is 28.6 Å². The van der Waals surface area contributed by atoms with Crippen LogP contribution >= 0.6 is 0 Å². The summed E-state index contributed by atoms with van der Waals surface area (Å²) in [5.41, 5.74) is 1.16. The summed E-state index contributed by atoms with van der Waals surface area (Å²) in [6, 6.07) is 6.06. The van der Waals surface area contributed by atoms with Gasteiger partial charge < -0.3 is 24.8 Å². The second kappa shape index (κ2) is 9.51. The molecule has 1 aliphatic rings. The number of ether oxygens (including phenoxy) is 3. The molecule has 1 saturated heterocycles. The Balaban J connectivity index is 1.72. The lowest BCUT2D eigenvalue weighted by Gasteiger charge is -2.24. The third kappa shape index (κ3) is 5.81. The molecule has 2 N–H and O–H groups in total. The summed E-state index contributed by atoms with van der Waals surface area (Å²) in [6.45, 7) is 4.64. The van der Waals surface area contributed by atoms with Crippen molar-refractivity contribution in [2.24, 2.45) is 4.99 Å². The van der Waals surface area contributed by atoms with E-state index in [4.69, 9.17) is 14.2 Å². The van der Waals surface area contributed by atoms with Crippen molar-refractivity contribution in [1.82, 2.24) is 10.6 Å². The molecule has 0 radical (unpaired) electrons. The van der Waals surface area contributed by atoms with Crippen LogP contribution in [0, 0.1) is 0 Å². The minimum absolute atomic E-state index is 0.0722. The molecule has 1 fully saturated rings. The lowest BCUT2D eigenvalue weighted by Crippen LogP contribution is -2.45. The van der Waals surface area contributed by atoms with Crippen LogP contribution in [0.3, 0.4) is 0 Å². The first-order valence-corrected chi connectivity index (χ1v) is 8.89. The highest BCUT2D eigenvalue weighted by atomic mass is 16.5. The van der Waals surface area contributed by atoms with Crippen LogP contribution in [0.1, 0.15) is 31.7 Å². The Morgan fingerprint density at radius 2 is 2.04 bits per heavy atom. The number of benzene rings is 1. The second-order valence-electron chi connectivity index (χ2n) is 6.55. The summed E-state index contributed by atoms with van der Waals surface area (Å²) in [4.78, 5) is 4.28. The summed E-state index contributed by atoms with van der Waals surface area (Å²) >= 11 is 0. The molecular weight excluding hydrogens is 318 g/mol. The molecule has 6 heteroatoms. The van der Waals surface area contributed by atoms with Crippen LogP contribution in [0.4, 0.5) is 0 Å². The fourth-order valence-corrected chi connectivity index (χ4v) is 3.00. The highest BCUT2D eigenvalue weighted by molar-refractivity contribution is 5.79. The molecule has 0 aliphatic carbocycles. The zero-order valence-electron chi connectivity index (χ0n) is 15.9. The van der Waals surface area contributed by atoms with Gasteiger partial charge in [0.25, 0.3) is 0 Å². The van der Waals surface area contributed by atoms with Crippen LogP contribution in [0.5, 0.6) is 11.5 Å². The van der Waals surface area contributed by atoms with Crippen LogP contribution < -0.4 is 20.1 Å². The van der Waals surface area contributed by atoms with Gasteiger partial charge in [-0.2, -0.15) is 0 Å². The van der Waals surface area contributed by atoms with Crippen LogP contribution in [-0.2, 0) is 11.2 Å². The van der Waals surface area contributed by atoms with Crippen molar-refractivity contribution in [2.45, 2.75) is 38.2 Å². The van der Waals surface area contributed by atoms with E-state index in [0.29, 0.717) is 0 Å². The molecule has 25 heavy (non-hydrogen) atoms. The zero-order chi connectivity index (χ0) is 18.1. The first kappa shape index (κ1) is 19.4. The highest BCUT2D eigenvalue weighted by Crippen LogP contribution is 2.28. The molecule has 1 aromatic carbocycles. The molecule has 1 aromatic rings. The molecule has 1 unspecified atom stereocenters. The van der Waals surface area contributed by atoms with Gasteiger partial charge in [0.1, 0.15) is 0 Å². The van der Waals surface area contributed by atoms with E-state index in [0.717, 1.165) is 62.8 Å². The number of guanidine groups is 1. The first-order chi connectivity index (χ1) is 12.1. The summed E-state index contributed by atoms with van der Waals surface area (Å²) in [5.74, 6) is 2.36. The number of nitrogens with one attached hydrogen (secondary N) is 2. The van der Waals surface area contributed by atoms with E-state index in [1.807, 2.05) is 12.1 Å². The number of hydrogen-bond acceptors (Lipinski definition) is 4. The average molecular weight is 349 g/mol. The summed E-state index contributed by atoms with van der Waals surface area (Å²) in [6.07, 6.45) is 4.20. The Morgan fingerprint density at radius 1 is 1.24 bits per heavy atom. The Kier molecular flexibility index (Phi) is 7.37. The number of aliphatic imine (C=N–C) groups is 1. The maximum absolute atomic E-state index is 5.79. The topological polar surface area (TPSA) is 64.1 Å². The number of rotatable bonds is 8. The highest BCUT2D eigenvalue weighted by Gasteiger charge is 2.29. The molecule has 1 atom stereocenters. The van der Waals surface area contributed by atoms with Gasteiger partial charge in [-0.25, -0.2) is 0 Å². The summed E-state index contributed by atoms with van der Waals surface area (Å²) < 4.78 is 16.4. The quantitative estimate of drug-likeness (QED) is 0.429. The standard InChI is InChI=1S/C19H31N3O3/c1-19(10-6-12-25-19)14-22-18(20-2)21-11-5-7-15-8-9-16(23-3)17(13-15)24-4/h8-9,13H,5-7,10-12,14H2,1-4H3,(H2,20,21,22). The predicted molar refractivity (Wildman–Crippen MR) is 101 cm³/mol. The average Bonchev–Trinajstić information content (AvgIpc) is 3.07. The summed E-state index contributed by atoms with van der Waals surface area (Å²) in [7, 11) is 5.10. The molecule has 1 aliphatic heterocycles. The van der Waals surface area contributed by atoms with E-state index in [1.54, 1.807) is 21.3 Å². The Bertz CT molecular complexity index is 569. The van der Waals surface area contributed by atoms with E-state index in [9.17, 15) is 0 Å². The van der Waals surface area contributed by atoms with Crippen LogP contribution in [0.15, 0.2) is 23.2 Å². The Labute approximate surface area is 151 Å². The number of nitrogens with zero attached hydrogens (tertiary/aromatic N) is 1. The van der Waals surface area contributed by atoms with Crippen molar-refractivity contribution in [1.29, 1.82) is 0 Å².